The standard InChI is InChI=1S/C22H19F2NO5/c1-3-30-22(28)18(27)10-17(26)14-12-25(11-13-6-4-7-15(23)21(13)24)16-8-5-9-19(29-2)20(14)16/h4-10,12,26H,3,11H2,1-2H3. The molecular weight excluding hydrogens is 396 g/mol. The minimum absolute atomic E-state index is 0.0194. The van der Waals surface area contributed by atoms with Crippen molar-refractivity contribution in [3.8, 4) is 5.75 Å². The summed E-state index contributed by atoms with van der Waals surface area (Å²) in [6, 6.07) is 8.93. The van der Waals surface area contributed by atoms with Gasteiger partial charge in [-0.3, -0.25) is 4.79 Å². The summed E-state index contributed by atoms with van der Waals surface area (Å²) in [6.45, 7) is 1.54. The summed E-state index contributed by atoms with van der Waals surface area (Å²) in [7, 11) is 1.44. The first-order chi connectivity index (χ1) is 14.4. The molecule has 3 aromatic rings. The number of esters is 1. The van der Waals surface area contributed by atoms with Gasteiger partial charge in [-0.2, -0.15) is 0 Å². The molecule has 156 valence electrons. The van der Waals surface area contributed by atoms with Gasteiger partial charge in [-0.1, -0.05) is 18.2 Å². The van der Waals surface area contributed by atoms with Gasteiger partial charge in [-0.15, -0.1) is 0 Å². The molecule has 1 heterocycles. The van der Waals surface area contributed by atoms with E-state index in [1.54, 1.807) is 29.7 Å². The molecule has 0 unspecified atom stereocenters. The number of aliphatic hydroxyl groups is 1. The second kappa shape index (κ2) is 8.77. The molecule has 3 rings (SSSR count). The van der Waals surface area contributed by atoms with Crippen molar-refractivity contribution in [3.05, 3.63) is 71.4 Å². The third-order valence-corrected chi connectivity index (χ3v) is 4.48. The van der Waals surface area contributed by atoms with E-state index >= 15 is 0 Å². The topological polar surface area (TPSA) is 77.8 Å². The number of carbonyl (C=O) groups excluding carboxylic acids is 2. The molecule has 2 aromatic carbocycles. The van der Waals surface area contributed by atoms with Gasteiger partial charge < -0.3 is 19.1 Å². The molecule has 0 saturated carbocycles. The van der Waals surface area contributed by atoms with Crippen LogP contribution < -0.4 is 4.74 Å². The molecule has 0 aliphatic rings. The molecule has 30 heavy (non-hydrogen) atoms. The Morgan fingerprint density at radius 3 is 2.60 bits per heavy atom. The molecule has 0 bridgehead atoms. The lowest BCUT2D eigenvalue weighted by Crippen LogP contribution is -2.15. The number of nitrogens with zero attached hydrogens (tertiary/aromatic N) is 1. The molecule has 1 aromatic heterocycles. The summed E-state index contributed by atoms with van der Waals surface area (Å²) >= 11 is 0. The monoisotopic (exact) mass is 415 g/mol. The van der Waals surface area contributed by atoms with Crippen LogP contribution in [-0.4, -0.2) is 35.1 Å². The zero-order valence-electron chi connectivity index (χ0n) is 16.3. The number of benzene rings is 2. The number of aromatic nitrogens is 1. The Labute approximate surface area is 170 Å². The second-order valence-corrected chi connectivity index (χ2v) is 6.35. The summed E-state index contributed by atoms with van der Waals surface area (Å²) < 4.78 is 39.3. The van der Waals surface area contributed by atoms with Crippen LogP contribution in [0.5, 0.6) is 5.75 Å². The van der Waals surface area contributed by atoms with Crippen LogP contribution in [0.3, 0.4) is 0 Å². The quantitative estimate of drug-likeness (QED) is 0.273. The number of methoxy groups -OCH3 is 1. The van der Waals surface area contributed by atoms with Gasteiger partial charge in [0.2, 0.25) is 0 Å². The second-order valence-electron chi connectivity index (χ2n) is 6.35. The Hall–Kier alpha value is -3.68. The van der Waals surface area contributed by atoms with Crippen LogP contribution >= 0.6 is 0 Å². The van der Waals surface area contributed by atoms with E-state index in [0.29, 0.717) is 16.7 Å². The molecule has 0 saturated heterocycles. The van der Waals surface area contributed by atoms with Crippen molar-refractivity contribution in [2.75, 3.05) is 13.7 Å². The highest BCUT2D eigenvalue weighted by Crippen LogP contribution is 2.34. The number of aliphatic hydroxyl groups excluding tert-OH is 1. The molecule has 0 amide bonds. The summed E-state index contributed by atoms with van der Waals surface area (Å²) in [4.78, 5) is 23.5. The average molecular weight is 415 g/mol. The maximum absolute atomic E-state index is 14.2. The smallest absolute Gasteiger partial charge is 0.379 e. The lowest BCUT2D eigenvalue weighted by atomic mass is 10.1. The van der Waals surface area contributed by atoms with E-state index in [4.69, 9.17) is 4.74 Å². The number of carbonyl (C=O) groups is 2. The first-order valence-electron chi connectivity index (χ1n) is 9.08. The summed E-state index contributed by atoms with van der Waals surface area (Å²) in [5.41, 5.74) is 0.848. The molecule has 0 aliphatic heterocycles. The number of halogens is 2. The van der Waals surface area contributed by atoms with Crippen molar-refractivity contribution in [2.24, 2.45) is 0 Å². The molecule has 8 heteroatoms. The Morgan fingerprint density at radius 1 is 1.17 bits per heavy atom. The van der Waals surface area contributed by atoms with Crippen molar-refractivity contribution in [1.29, 1.82) is 0 Å². The predicted octanol–water partition coefficient (Wildman–Crippen LogP) is 4.01. The van der Waals surface area contributed by atoms with Gasteiger partial charge in [0.1, 0.15) is 11.5 Å². The van der Waals surface area contributed by atoms with Crippen LogP contribution in [0.4, 0.5) is 8.78 Å². The van der Waals surface area contributed by atoms with E-state index in [0.717, 1.165) is 12.1 Å². The molecule has 0 radical (unpaired) electrons. The van der Waals surface area contributed by atoms with Gasteiger partial charge in [-0.05, 0) is 25.1 Å². The summed E-state index contributed by atoms with van der Waals surface area (Å²) in [6.07, 6.45) is 2.23. The van der Waals surface area contributed by atoms with Crippen LogP contribution in [0.25, 0.3) is 16.7 Å². The largest absolute Gasteiger partial charge is 0.507 e. The fourth-order valence-corrected chi connectivity index (χ4v) is 3.13. The molecule has 1 N–H and O–H groups in total. The first kappa shape index (κ1) is 21.0. The van der Waals surface area contributed by atoms with Crippen LogP contribution in [0.1, 0.15) is 18.1 Å². The Balaban J connectivity index is 2.12. The summed E-state index contributed by atoms with van der Waals surface area (Å²) in [5, 5.41) is 11.0. The zero-order chi connectivity index (χ0) is 21.8. The van der Waals surface area contributed by atoms with Gasteiger partial charge in [0.25, 0.3) is 5.78 Å². The third-order valence-electron chi connectivity index (χ3n) is 4.48. The van der Waals surface area contributed by atoms with Gasteiger partial charge in [0.15, 0.2) is 11.6 Å². The SMILES string of the molecule is CCOC(=O)C(=O)C=C(O)c1cn(Cc2cccc(F)c2F)c2cccc(OC)c12. The highest BCUT2D eigenvalue weighted by Gasteiger charge is 2.20. The minimum Gasteiger partial charge on any atom is -0.507 e. The van der Waals surface area contributed by atoms with Crippen LogP contribution in [0.2, 0.25) is 0 Å². The minimum atomic E-state index is -1.10. The Kier molecular flexibility index (Phi) is 6.15. The number of ether oxygens (including phenoxy) is 2. The normalized spacial score (nSPS) is 11.5. The fourth-order valence-electron chi connectivity index (χ4n) is 3.13. The molecule has 6 nitrogen and oxygen atoms in total. The van der Waals surface area contributed by atoms with E-state index in [-0.39, 0.29) is 24.3 Å². The van der Waals surface area contributed by atoms with Gasteiger partial charge in [0, 0.05) is 23.4 Å². The number of hydrogen-bond donors (Lipinski definition) is 1. The predicted molar refractivity (Wildman–Crippen MR) is 106 cm³/mol. The fraction of sp³-hybridized carbons (Fsp3) is 0.182. The molecule has 0 aliphatic carbocycles. The van der Waals surface area contributed by atoms with Crippen molar-refractivity contribution in [3.63, 3.8) is 0 Å². The van der Waals surface area contributed by atoms with Crippen LogP contribution in [0.15, 0.2) is 48.7 Å². The molecule has 0 fully saturated rings. The van der Waals surface area contributed by atoms with E-state index in [1.165, 1.54) is 25.4 Å². The van der Waals surface area contributed by atoms with Gasteiger partial charge >= 0.3 is 5.97 Å². The van der Waals surface area contributed by atoms with E-state index < -0.39 is 29.1 Å². The zero-order valence-corrected chi connectivity index (χ0v) is 16.3. The van der Waals surface area contributed by atoms with E-state index in [2.05, 4.69) is 4.74 Å². The number of rotatable bonds is 7. The number of hydrogen-bond acceptors (Lipinski definition) is 5. The molecular formula is C22H19F2NO5. The van der Waals surface area contributed by atoms with Gasteiger partial charge in [-0.25, -0.2) is 13.6 Å². The first-order valence-corrected chi connectivity index (χ1v) is 9.08. The number of fused-ring (bicyclic) bond motifs is 1. The Morgan fingerprint density at radius 2 is 1.90 bits per heavy atom. The lowest BCUT2D eigenvalue weighted by Gasteiger charge is -2.08. The highest BCUT2D eigenvalue weighted by molar-refractivity contribution is 6.39. The van der Waals surface area contributed by atoms with Crippen molar-refractivity contribution in [2.45, 2.75) is 13.5 Å². The Bertz CT molecular complexity index is 1150. The van der Waals surface area contributed by atoms with Crippen molar-refractivity contribution >= 4 is 28.4 Å². The summed E-state index contributed by atoms with van der Waals surface area (Å²) in [5.74, 6) is -4.15. The van der Waals surface area contributed by atoms with Crippen molar-refractivity contribution < 1.29 is 33.0 Å². The lowest BCUT2D eigenvalue weighted by molar-refractivity contribution is -0.151. The molecule has 0 spiro atoms. The van der Waals surface area contributed by atoms with Crippen LogP contribution in [-0.2, 0) is 20.9 Å². The van der Waals surface area contributed by atoms with Gasteiger partial charge in [0.05, 0.1) is 31.2 Å². The molecule has 0 atom stereocenters. The maximum Gasteiger partial charge on any atom is 0.379 e. The third kappa shape index (κ3) is 4.03. The van der Waals surface area contributed by atoms with Crippen molar-refractivity contribution in [1.82, 2.24) is 4.57 Å². The van der Waals surface area contributed by atoms with E-state index in [1.807, 2.05) is 0 Å². The highest BCUT2D eigenvalue weighted by atomic mass is 19.2. The number of ketones is 1. The maximum atomic E-state index is 14.2. The van der Waals surface area contributed by atoms with E-state index in [9.17, 15) is 23.5 Å². The average Bonchev–Trinajstić information content (AvgIpc) is 3.10. The van der Waals surface area contributed by atoms with Crippen LogP contribution in [0, 0.1) is 11.6 Å².